The van der Waals surface area contributed by atoms with E-state index in [2.05, 4.69) is 37.6 Å². The van der Waals surface area contributed by atoms with Crippen LogP contribution in [-0.2, 0) is 0 Å². The van der Waals surface area contributed by atoms with Gasteiger partial charge in [-0.2, -0.15) is 13.2 Å². The van der Waals surface area contributed by atoms with Crippen molar-refractivity contribution in [2.75, 3.05) is 64.3 Å². The van der Waals surface area contributed by atoms with Crippen LogP contribution in [0, 0.1) is 5.92 Å². The van der Waals surface area contributed by atoms with Gasteiger partial charge in [0, 0.05) is 46.3 Å². The highest BCUT2D eigenvalue weighted by Gasteiger charge is 2.34. The number of aliphatic imine (C=N–C) groups is 1. The Morgan fingerprint density at radius 2 is 2.00 bits per heavy atom. The number of hydrogen-bond donors (Lipinski definition) is 1. The second-order valence-electron chi connectivity index (χ2n) is 6.86. The van der Waals surface area contributed by atoms with Gasteiger partial charge in [0.25, 0.3) is 0 Å². The molecular formula is C17H27F3IN5S. The zero-order valence-electron chi connectivity index (χ0n) is 15.4. The normalized spacial score (nSPS) is 22.1. The van der Waals surface area contributed by atoms with Gasteiger partial charge in [-0.05, 0) is 36.4 Å². The summed E-state index contributed by atoms with van der Waals surface area (Å²) >= 11 is 1.75. The van der Waals surface area contributed by atoms with Gasteiger partial charge in [0.2, 0.25) is 0 Å². The lowest BCUT2D eigenvalue weighted by Gasteiger charge is -2.37. The van der Waals surface area contributed by atoms with E-state index < -0.39 is 12.7 Å². The van der Waals surface area contributed by atoms with Crippen LogP contribution in [0.2, 0.25) is 0 Å². The molecule has 0 radical (unpaired) electrons. The molecule has 3 rings (SSSR count). The molecule has 3 heterocycles. The van der Waals surface area contributed by atoms with E-state index in [1.807, 2.05) is 0 Å². The third kappa shape index (κ3) is 6.67. The monoisotopic (exact) mass is 517 g/mol. The fraction of sp³-hybridized carbons (Fsp3) is 0.706. The quantitative estimate of drug-likeness (QED) is 0.379. The van der Waals surface area contributed by atoms with E-state index in [9.17, 15) is 13.2 Å². The number of halogens is 4. The maximum absolute atomic E-state index is 12.5. The lowest BCUT2D eigenvalue weighted by Crippen LogP contribution is -2.53. The Morgan fingerprint density at radius 1 is 1.26 bits per heavy atom. The lowest BCUT2D eigenvalue weighted by molar-refractivity contribution is -0.143. The zero-order chi connectivity index (χ0) is 18.6. The maximum atomic E-state index is 12.5. The molecule has 2 aliphatic heterocycles. The van der Waals surface area contributed by atoms with E-state index in [4.69, 9.17) is 0 Å². The van der Waals surface area contributed by atoms with Gasteiger partial charge in [-0.3, -0.25) is 9.89 Å². The summed E-state index contributed by atoms with van der Waals surface area (Å²) in [6, 6.07) is 4.21. The molecule has 5 nitrogen and oxygen atoms in total. The van der Waals surface area contributed by atoms with Crippen LogP contribution >= 0.6 is 35.3 Å². The lowest BCUT2D eigenvalue weighted by atomic mass is 10.1. The Kier molecular flexibility index (Phi) is 8.47. The first kappa shape index (κ1) is 22.5. The van der Waals surface area contributed by atoms with E-state index in [0.717, 1.165) is 38.6 Å². The number of alkyl halides is 3. The molecule has 1 N–H and O–H groups in total. The summed E-state index contributed by atoms with van der Waals surface area (Å²) in [5.74, 6) is 1.09. The van der Waals surface area contributed by atoms with Crippen molar-refractivity contribution in [1.29, 1.82) is 0 Å². The van der Waals surface area contributed by atoms with Crippen LogP contribution in [-0.4, -0.2) is 81.3 Å². The number of anilines is 1. The molecule has 1 unspecified atom stereocenters. The Balaban J connectivity index is 0.00000261. The molecule has 154 valence electrons. The molecular weight excluding hydrogens is 490 g/mol. The molecule has 0 aliphatic carbocycles. The van der Waals surface area contributed by atoms with Crippen molar-refractivity contribution < 1.29 is 13.2 Å². The molecule has 0 saturated carbocycles. The molecule has 0 spiro atoms. The van der Waals surface area contributed by atoms with Crippen molar-refractivity contribution in [3.8, 4) is 0 Å². The van der Waals surface area contributed by atoms with Crippen LogP contribution in [0.5, 0.6) is 0 Å². The average molecular weight is 517 g/mol. The summed E-state index contributed by atoms with van der Waals surface area (Å²) in [6.45, 7) is 4.56. The smallest absolute Gasteiger partial charge is 0.360 e. The highest BCUT2D eigenvalue weighted by atomic mass is 127. The van der Waals surface area contributed by atoms with Gasteiger partial charge in [-0.15, -0.1) is 35.3 Å². The van der Waals surface area contributed by atoms with Crippen molar-refractivity contribution in [3.63, 3.8) is 0 Å². The highest BCUT2D eigenvalue weighted by molar-refractivity contribution is 14.0. The van der Waals surface area contributed by atoms with Gasteiger partial charge >= 0.3 is 6.18 Å². The molecule has 0 bridgehead atoms. The topological polar surface area (TPSA) is 34.1 Å². The molecule has 1 atom stereocenters. The van der Waals surface area contributed by atoms with Crippen LogP contribution < -0.4 is 10.2 Å². The molecule has 1 aromatic heterocycles. The predicted molar refractivity (Wildman–Crippen MR) is 115 cm³/mol. The first-order valence-electron chi connectivity index (χ1n) is 8.98. The number of thiophene rings is 1. The van der Waals surface area contributed by atoms with Crippen LogP contribution in [0.4, 0.5) is 18.2 Å². The van der Waals surface area contributed by atoms with Gasteiger partial charge in [0.05, 0.1) is 11.5 Å². The number of piperazine rings is 1. The summed E-state index contributed by atoms with van der Waals surface area (Å²) in [5, 5.41) is 6.75. The number of rotatable bonds is 4. The summed E-state index contributed by atoms with van der Waals surface area (Å²) in [7, 11) is 1.76. The molecule has 1 aromatic rings. The Bertz CT molecular complexity index is 588. The molecule has 2 aliphatic rings. The number of hydrogen-bond acceptors (Lipinski definition) is 4. The second-order valence-corrected chi connectivity index (χ2v) is 7.78. The Labute approximate surface area is 179 Å². The van der Waals surface area contributed by atoms with Crippen molar-refractivity contribution in [2.24, 2.45) is 10.9 Å². The zero-order valence-corrected chi connectivity index (χ0v) is 18.6. The van der Waals surface area contributed by atoms with E-state index in [1.165, 1.54) is 9.90 Å². The van der Waals surface area contributed by atoms with E-state index in [-0.39, 0.29) is 29.9 Å². The van der Waals surface area contributed by atoms with Crippen LogP contribution in [0.1, 0.15) is 6.42 Å². The summed E-state index contributed by atoms with van der Waals surface area (Å²) in [5.41, 5.74) is 0. The third-order valence-corrected chi connectivity index (χ3v) is 5.86. The summed E-state index contributed by atoms with van der Waals surface area (Å²) in [4.78, 5) is 10.5. The molecule has 0 aromatic carbocycles. The van der Waals surface area contributed by atoms with Crippen molar-refractivity contribution >= 4 is 46.3 Å². The largest absolute Gasteiger partial charge is 0.401 e. The van der Waals surface area contributed by atoms with E-state index in [0.29, 0.717) is 19.6 Å². The van der Waals surface area contributed by atoms with Crippen LogP contribution in [0.3, 0.4) is 0 Å². The van der Waals surface area contributed by atoms with Crippen molar-refractivity contribution in [2.45, 2.75) is 12.6 Å². The SMILES string of the molecule is CN=C(NCC1CCN(CC(F)(F)F)C1)N1CCN(c2cccs2)CC1.I. The molecule has 2 saturated heterocycles. The number of nitrogens with zero attached hydrogens (tertiary/aromatic N) is 4. The summed E-state index contributed by atoms with van der Waals surface area (Å²) < 4.78 is 37.5. The molecule has 0 amide bonds. The van der Waals surface area contributed by atoms with Crippen molar-refractivity contribution in [1.82, 2.24) is 15.1 Å². The third-order valence-electron chi connectivity index (χ3n) is 4.93. The van der Waals surface area contributed by atoms with Crippen molar-refractivity contribution in [3.05, 3.63) is 17.5 Å². The predicted octanol–water partition coefficient (Wildman–Crippen LogP) is 2.95. The fourth-order valence-electron chi connectivity index (χ4n) is 3.63. The van der Waals surface area contributed by atoms with Gasteiger partial charge in [-0.1, -0.05) is 0 Å². The van der Waals surface area contributed by atoms with Crippen LogP contribution in [0.25, 0.3) is 0 Å². The number of likely N-dealkylation sites (tertiary alicyclic amines) is 1. The highest BCUT2D eigenvalue weighted by Crippen LogP contribution is 2.23. The average Bonchev–Trinajstić information content (AvgIpc) is 3.27. The van der Waals surface area contributed by atoms with Gasteiger partial charge in [0.1, 0.15) is 0 Å². The minimum Gasteiger partial charge on any atom is -0.360 e. The fourth-order valence-corrected chi connectivity index (χ4v) is 4.42. The Morgan fingerprint density at radius 3 is 2.59 bits per heavy atom. The standard InChI is InChI=1S/C17H26F3N5S.HI/c1-21-16(22-11-14-4-5-23(12-14)13-17(18,19)20)25-8-6-24(7-9-25)15-3-2-10-26-15;/h2-3,10,14H,4-9,11-13H2,1H3,(H,21,22);1H. The van der Waals surface area contributed by atoms with E-state index >= 15 is 0 Å². The Hall–Kier alpha value is -0.750. The minimum absolute atomic E-state index is 0. The maximum Gasteiger partial charge on any atom is 0.401 e. The van der Waals surface area contributed by atoms with Gasteiger partial charge < -0.3 is 15.1 Å². The first-order valence-corrected chi connectivity index (χ1v) is 9.86. The summed E-state index contributed by atoms with van der Waals surface area (Å²) in [6.07, 6.45) is -3.31. The van der Waals surface area contributed by atoms with Gasteiger partial charge in [-0.25, -0.2) is 0 Å². The molecule has 10 heteroatoms. The first-order chi connectivity index (χ1) is 12.4. The molecule has 27 heavy (non-hydrogen) atoms. The molecule has 2 fully saturated rings. The number of nitrogens with one attached hydrogen (secondary N) is 1. The van der Waals surface area contributed by atoms with Gasteiger partial charge in [0.15, 0.2) is 5.96 Å². The van der Waals surface area contributed by atoms with E-state index in [1.54, 1.807) is 18.4 Å². The number of guanidine groups is 1. The second kappa shape index (κ2) is 10.1. The van der Waals surface area contributed by atoms with Crippen LogP contribution in [0.15, 0.2) is 22.5 Å². The minimum atomic E-state index is -4.11.